The number of nitrogens with zero attached hydrogens (tertiary/aromatic N) is 2. The monoisotopic (exact) mass is 276 g/mol. The van der Waals surface area contributed by atoms with Crippen molar-refractivity contribution < 1.29 is 14.7 Å². The van der Waals surface area contributed by atoms with Gasteiger partial charge in [-0.15, -0.1) is 0 Å². The second-order valence-electron chi connectivity index (χ2n) is 5.44. The molecule has 0 radical (unpaired) electrons. The van der Waals surface area contributed by atoms with Crippen molar-refractivity contribution in [1.82, 2.24) is 20.5 Å². The van der Waals surface area contributed by atoms with E-state index in [9.17, 15) is 14.7 Å². The summed E-state index contributed by atoms with van der Waals surface area (Å²) in [5, 5.41) is 18.6. The molecule has 1 amide bonds. The number of H-pyrrole nitrogens is 1. The van der Waals surface area contributed by atoms with Crippen LogP contribution in [0.15, 0.2) is 18.5 Å². The molecule has 1 saturated carbocycles. The van der Waals surface area contributed by atoms with Crippen molar-refractivity contribution in [1.29, 1.82) is 0 Å². The van der Waals surface area contributed by atoms with Crippen LogP contribution in [0.2, 0.25) is 0 Å². The Bertz CT molecular complexity index is 554. The Kier molecular flexibility index (Phi) is 3.04. The van der Waals surface area contributed by atoms with Crippen LogP contribution in [0.1, 0.15) is 25.2 Å². The number of carboxylic acid groups (broad SMARTS) is 1. The molecule has 106 valence electrons. The summed E-state index contributed by atoms with van der Waals surface area (Å²) in [6.45, 7) is 1.79. The summed E-state index contributed by atoms with van der Waals surface area (Å²) >= 11 is 0. The van der Waals surface area contributed by atoms with Crippen LogP contribution < -0.4 is 5.32 Å². The highest BCUT2D eigenvalue weighted by Gasteiger charge is 2.51. The van der Waals surface area contributed by atoms with Crippen molar-refractivity contribution in [3.63, 3.8) is 0 Å². The fourth-order valence-corrected chi connectivity index (χ4v) is 3.32. The van der Waals surface area contributed by atoms with E-state index in [0.717, 1.165) is 6.42 Å². The maximum atomic E-state index is 12.4. The van der Waals surface area contributed by atoms with Crippen molar-refractivity contribution in [2.45, 2.75) is 19.4 Å². The molecule has 0 aliphatic heterocycles. The molecule has 7 heteroatoms. The maximum absolute atomic E-state index is 12.4. The smallest absolute Gasteiger partial charge is 0.307 e. The number of hydrogen-bond acceptors (Lipinski definition) is 4. The van der Waals surface area contributed by atoms with Crippen LogP contribution in [0.4, 0.5) is 0 Å². The summed E-state index contributed by atoms with van der Waals surface area (Å²) in [6, 6.07) is -0.317. The number of aromatic nitrogens is 3. The summed E-state index contributed by atoms with van der Waals surface area (Å²) < 4.78 is 0. The molecule has 2 aliphatic rings. The van der Waals surface area contributed by atoms with Gasteiger partial charge in [0, 0.05) is 0 Å². The van der Waals surface area contributed by atoms with Crippen LogP contribution in [-0.2, 0) is 9.59 Å². The molecular weight excluding hydrogens is 260 g/mol. The first-order valence-corrected chi connectivity index (χ1v) is 6.64. The van der Waals surface area contributed by atoms with Crippen LogP contribution >= 0.6 is 0 Å². The first-order chi connectivity index (χ1) is 9.58. The fraction of sp³-hybridized carbons (Fsp3) is 0.538. The second-order valence-corrected chi connectivity index (χ2v) is 5.44. The number of aromatic amines is 1. The van der Waals surface area contributed by atoms with Crippen LogP contribution in [0.25, 0.3) is 0 Å². The van der Waals surface area contributed by atoms with Gasteiger partial charge in [0.15, 0.2) is 0 Å². The molecule has 1 fully saturated rings. The number of carboxylic acids is 1. The molecule has 1 aromatic heterocycles. The highest BCUT2D eigenvalue weighted by molar-refractivity contribution is 5.87. The van der Waals surface area contributed by atoms with Crippen molar-refractivity contribution in [2.75, 3.05) is 0 Å². The van der Waals surface area contributed by atoms with Gasteiger partial charge in [0.2, 0.25) is 5.91 Å². The first kappa shape index (κ1) is 12.8. The average Bonchev–Trinajstić information content (AvgIpc) is 3.13. The number of rotatable bonds is 4. The zero-order valence-electron chi connectivity index (χ0n) is 11.0. The first-order valence-electron chi connectivity index (χ1n) is 6.64. The highest BCUT2D eigenvalue weighted by atomic mass is 16.4. The number of allylic oxidation sites excluding steroid dienone is 2. The Morgan fingerprint density at radius 3 is 2.70 bits per heavy atom. The van der Waals surface area contributed by atoms with Gasteiger partial charge < -0.3 is 10.4 Å². The number of carbonyl (C=O) groups excluding carboxylic acids is 1. The van der Waals surface area contributed by atoms with E-state index in [1.54, 1.807) is 6.92 Å². The Morgan fingerprint density at radius 1 is 1.40 bits per heavy atom. The molecule has 0 aromatic carbocycles. The molecule has 0 saturated heterocycles. The number of fused-ring (bicyclic) bond motifs is 2. The minimum Gasteiger partial charge on any atom is -0.481 e. The summed E-state index contributed by atoms with van der Waals surface area (Å²) in [5.74, 6) is -1.66. The highest BCUT2D eigenvalue weighted by Crippen LogP contribution is 2.48. The number of carbonyl (C=O) groups is 2. The van der Waals surface area contributed by atoms with E-state index in [4.69, 9.17) is 0 Å². The molecule has 5 unspecified atom stereocenters. The zero-order chi connectivity index (χ0) is 14.3. The molecular formula is C13H16N4O3. The zero-order valence-corrected chi connectivity index (χ0v) is 11.0. The molecule has 0 spiro atoms. The summed E-state index contributed by atoms with van der Waals surface area (Å²) in [6.07, 6.45) is 6.02. The minimum atomic E-state index is -0.894. The molecule has 1 aromatic rings. The molecule has 2 bridgehead atoms. The third-order valence-corrected chi connectivity index (χ3v) is 4.25. The molecule has 2 aliphatic carbocycles. The lowest BCUT2D eigenvalue weighted by Gasteiger charge is -2.25. The van der Waals surface area contributed by atoms with Crippen molar-refractivity contribution >= 4 is 11.9 Å². The van der Waals surface area contributed by atoms with Gasteiger partial charge in [0.1, 0.15) is 12.2 Å². The Morgan fingerprint density at radius 2 is 2.10 bits per heavy atom. The number of hydrogen-bond donors (Lipinski definition) is 3. The fourth-order valence-electron chi connectivity index (χ4n) is 3.32. The van der Waals surface area contributed by atoms with E-state index in [1.807, 2.05) is 12.2 Å². The van der Waals surface area contributed by atoms with Crippen molar-refractivity contribution in [3.8, 4) is 0 Å². The summed E-state index contributed by atoms with van der Waals surface area (Å²) in [7, 11) is 0. The Labute approximate surface area is 115 Å². The van der Waals surface area contributed by atoms with Gasteiger partial charge in [-0.3, -0.25) is 14.7 Å². The van der Waals surface area contributed by atoms with Crippen LogP contribution in [0.3, 0.4) is 0 Å². The second kappa shape index (κ2) is 4.73. The van der Waals surface area contributed by atoms with Crippen LogP contribution in [0, 0.1) is 23.7 Å². The van der Waals surface area contributed by atoms with Crippen molar-refractivity contribution in [2.24, 2.45) is 23.7 Å². The van der Waals surface area contributed by atoms with Gasteiger partial charge in [-0.2, -0.15) is 5.10 Å². The SMILES string of the molecule is CC(NC(=O)C1C2C=CC(C2)C1C(=O)O)c1ncn[nH]1. The van der Waals surface area contributed by atoms with Gasteiger partial charge in [-0.05, 0) is 25.2 Å². The molecule has 5 atom stereocenters. The quantitative estimate of drug-likeness (QED) is 0.694. The van der Waals surface area contributed by atoms with Crippen molar-refractivity contribution in [3.05, 3.63) is 24.3 Å². The molecule has 7 nitrogen and oxygen atoms in total. The Hall–Kier alpha value is -2.18. The predicted octanol–water partition coefficient (Wildman–Crippen LogP) is 0.505. The van der Waals surface area contributed by atoms with E-state index < -0.39 is 17.8 Å². The average molecular weight is 276 g/mol. The third kappa shape index (κ3) is 1.99. The lowest BCUT2D eigenvalue weighted by atomic mass is 9.82. The van der Waals surface area contributed by atoms with Gasteiger partial charge in [-0.1, -0.05) is 12.2 Å². The lowest BCUT2D eigenvalue weighted by molar-refractivity contribution is -0.148. The van der Waals surface area contributed by atoms with Gasteiger partial charge in [0.05, 0.1) is 17.9 Å². The van der Waals surface area contributed by atoms with Gasteiger partial charge >= 0.3 is 5.97 Å². The van der Waals surface area contributed by atoms with Gasteiger partial charge in [-0.25, -0.2) is 4.98 Å². The lowest BCUT2D eigenvalue weighted by Crippen LogP contribution is -2.41. The largest absolute Gasteiger partial charge is 0.481 e. The summed E-state index contributed by atoms with van der Waals surface area (Å²) in [5.41, 5.74) is 0. The molecule has 3 N–H and O–H groups in total. The van der Waals surface area contributed by atoms with Gasteiger partial charge in [0.25, 0.3) is 0 Å². The third-order valence-electron chi connectivity index (χ3n) is 4.25. The normalized spacial score (nSPS) is 32.2. The van der Waals surface area contributed by atoms with E-state index in [-0.39, 0.29) is 23.8 Å². The summed E-state index contributed by atoms with van der Waals surface area (Å²) in [4.78, 5) is 27.7. The van der Waals surface area contributed by atoms with E-state index in [1.165, 1.54) is 6.33 Å². The number of nitrogens with one attached hydrogen (secondary N) is 2. The minimum absolute atomic E-state index is 0.0196. The molecule has 3 rings (SSSR count). The predicted molar refractivity (Wildman–Crippen MR) is 68.3 cm³/mol. The van der Waals surface area contributed by atoms with E-state index in [0.29, 0.717) is 5.82 Å². The number of aliphatic carboxylic acids is 1. The molecule has 1 heterocycles. The standard InChI is InChI=1S/C13H16N4O3/c1-6(11-14-5-15-17-11)16-12(18)9-7-2-3-8(4-7)10(9)13(19)20/h2-3,5-10H,4H2,1H3,(H,16,18)(H,19,20)(H,14,15,17). The Balaban J connectivity index is 1.73. The number of amides is 1. The topological polar surface area (TPSA) is 108 Å². The van der Waals surface area contributed by atoms with Crippen LogP contribution in [0.5, 0.6) is 0 Å². The maximum Gasteiger partial charge on any atom is 0.307 e. The van der Waals surface area contributed by atoms with Crippen LogP contribution in [-0.4, -0.2) is 32.2 Å². The van der Waals surface area contributed by atoms with E-state index >= 15 is 0 Å². The molecule has 20 heavy (non-hydrogen) atoms. The van der Waals surface area contributed by atoms with E-state index in [2.05, 4.69) is 20.5 Å².